The zero-order chi connectivity index (χ0) is 14.7. The third-order valence-electron chi connectivity index (χ3n) is 3.53. The molecule has 3 aromatic rings. The van der Waals surface area contributed by atoms with E-state index in [2.05, 4.69) is 16.9 Å². The highest BCUT2D eigenvalue weighted by Crippen LogP contribution is 2.18. The third-order valence-corrected chi connectivity index (χ3v) is 3.53. The first-order valence-electron chi connectivity index (χ1n) is 7.16. The molecule has 4 heteroatoms. The molecule has 0 aliphatic rings. The first-order chi connectivity index (χ1) is 10.3. The lowest BCUT2D eigenvalue weighted by atomic mass is 10.0. The number of nitrogens with zero attached hydrogens (tertiary/aromatic N) is 3. The fourth-order valence-electron chi connectivity index (χ4n) is 2.53. The molecule has 21 heavy (non-hydrogen) atoms. The van der Waals surface area contributed by atoms with Gasteiger partial charge in [-0.2, -0.15) is 0 Å². The van der Waals surface area contributed by atoms with Crippen LogP contribution in [0.25, 0.3) is 10.9 Å². The molecular formula is C17H17N3O. The number of pyridine rings is 1. The van der Waals surface area contributed by atoms with Gasteiger partial charge in [0.1, 0.15) is 5.82 Å². The van der Waals surface area contributed by atoms with Crippen molar-refractivity contribution in [3.05, 3.63) is 60.3 Å². The average molecular weight is 279 g/mol. The Morgan fingerprint density at radius 1 is 1.14 bits per heavy atom. The minimum absolute atomic E-state index is 0.0807. The van der Waals surface area contributed by atoms with Gasteiger partial charge in [-0.1, -0.05) is 25.1 Å². The molecule has 1 aromatic carbocycles. The van der Waals surface area contributed by atoms with Crippen LogP contribution >= 0.6 is 0 Å². The van der Waals surface area contributed by atoms with Gasteiger partial charge in [-0.3, -0.25) is 9.78 Å². The number of aryl methyl sites for hydroxylation is 1. The number of para-hydroxylation sites is 1. The second kappa shape index (κ2) is 5.87. The highest BCUT2D eigenvalue weighted by molar-refractivity contribution is 6.07. The van der Waals surface area contributed by atoms with Gasteiger partial charge in [0.15, 0.2) is 5.78 Å². The molecule has 0 atom stereocenters. The zero-order valence-electron chi connectivity index (χ0n) is 12.0. The second-order valence-electron chi connectivity index (χ2n) is 5.01. The Hall–Kier alpha value is -2.49. The number of rotatable bonds is 5. The van der Waals surface area contributed by atoms with Crippen molar-refractivity contribution in [2.24, 2.45) is 0 Å². The molecule has 0 saturated heterocycles. The number of Topliss-reactive ketones (excluding diaryl/α,β-unsaturated/α-hetero) is 1. The van der Waals surface area contributed by atoms with Crippen LogP contribution in [0.3, 0.4) is 0 Å². The fourth-order valence-corrected chi connectivity index (χ4v) is 2.53. The van der Waals surface area contributed by atoms with Crippen LogP contribution in [0.1, 0.15) is 29.5 Å². The van der Waals surface area contributed by atoms with Gasteiger partial charge in [0.2, 0.25) is 0 Å². The predicted molar refractivity (Wildman–Crippen MR) is 82.3 cm³/mol. The molecule has 0 N–H and O–H groups in total. The maximum absolute atomic E-state index is 12.6. The SMILES string of the molecule is CCCn1ccnc1CC(=O)c1ccnc2ccccc12. The summed E-state index contributed by atoms with van der Waals surface area (Å²) in [4.78, 5) is 21.2. The van der Waals surface area contributed by atoms with Crippen molar-refractivity contribution in [2.45, 2.75) is 26.3 Å². The molecule has 0 aliphatic carbocycles. The van der Waals surface area contributed by atoms with E-state index < -0.39 is 0 Å². The van der Waals surface area contributed by atoms with E-state index in [-0.39, 0.29) is 5.78 Å². The predicted octanol–water partition coefficient (Wildman–Crippen LogP) is 3.27. The normalized spacial score (nSPS) is 10.9. The lowest BCUT2D eigenvalue weighted by Crippen LogP contribution is -2.10. The molecule has 2 heterocycles. The van der Waals surface area contributed by atoms with Gasteiger partial charge in [-0.05, 0) is 18.6 Å². The van der Waals surface area contributed by atoms with Crippen molar-refractivity contribution in [1.82, 2.24) is 14.5 Å². The Balaban J connectivity index is 1.92. The maximum atomic E-state index is 12.6. The average Bonchev–Trinajstić information content (AvgIpc) is 2.94. The summed E-state index contributed by atoms with van der Waals surface area (Å²) < 4.78 is 2.04. The van der Waals surface area contributed by atoms with Crippen LogP contribution in [0.2, 0.25) is 0 Å². The lowest BCUT2D eigenvalue weighted by Gasteiger charge is -2.07. The smallest absolute Gasteiger partial charge is 0.171 e. The molecule has 0 amide bonds. The van der Waals surface area contributed by atoms with Gasteiger partial charge in [-0.25, -0.2) is 4.98 Å². The van der Waals surface area contributed by atoms with E-state index in [0.29, 0.717) is 12.0 Å². The number of carbonyl (C=O) groups is 1. The summed E-state index contributed by atoms with van der Waals surface area (Å²) in [6.07, 6.45) is 6.71. The number of aromatic nitrogens is 3. The van der Waals surface area contributed by atoms with E-state index in [9.17, 15) is 4.79 Å². The molecule has 0 spiro atoms. The van der Waals surface area contributed by atoms with E-state index in [1.54, 1.807) is 18.5 Å². The Bertz CT molecular complexity index is 771. The van der Waals surface area contributed by atoms with Crippen LogP contribution in [-0.4, -0.2) is 20.3 Å². The number of benzene rings is 1. The van der Waals surface area contributed by atoms with E-state index in [4.69, 9.17) is 0 Å². The van der Waals surface area contributed by atoms with Crippen LogP contribution < -0.4 is 0 Å². The topological polar surface area (TPSA) is 47.8 Å². The summed E-state index contributed by atoms with van der Waals surface area (Å²) in [6, 6.07) is 9.51. The molecule has 0 bridgehead atoms. The molecule has 4 nitrogen and oxygen atoms in total. The van der Waals surface area contributed by atoms with E-state index in [0.717, 1.165) is 29.7 Å². The number of imidazole rings is 1. The van der Waals surface area contributed by atoms with Crippen molar-refractivity contribution in [2.75, 3.05) is 0 Å². The molecule has 0 saturated carbocycles. The zero-order valence-corrected chi connectivity index (χ0v) is 12.0. The van der Waals surface area contributed by atoms with Crippen molar-refractivity contribution < 1.29 is 4.79 Å². The minimum atomic E-state index is 0.0807. The number of ketones is 1. The van der Waals surface area contributed by atoms with Gasteiger partial charge in [0.05, 0.1) is 11.9 Å². The van der Waals surface area contributed by atoms with Crippen LogP contribution in [0.4, 0.5) is 0 Å². The Morgan fingerprint density at radius 3 is 2.86 bits per heavy atom. The number of hydrogen-bond acceptors (Lipinski definition) is 3. The highest BCUT2D eigenvalue weighted by Gasteiger charge is 2.14. The summed E-state index contributed by atoms with van der Waals surface area (Å²) in [7, 11) is 0. The van der Waals surface area contributed by atoms with Crippen molar-refractivity contribution in [1.29, 1.82) is 0 Å². The van der Waals surface area contributed by atoms with Crippen LogP contribution in [0.15, 0.2) is 48.9 Å². The summed E-state index contributed by atoms with van der Waals surface area (Å²) in [5.41, 5.74) is 1.56. The molecule has 0 aliphatic heterocycles. The van der Waals surface area contributed by atoms with Gasteiger partial charge in [-0.15, -0.1) is 0 Å². The lowest BCUT2D eigenvalue weighted by molar-refractivity contribution is 0.0991. The molecule has 3 rings (SSSR count). The first-order valence-corrected chi connectivity index (χ1v) is 7.16. The number of hydrogen-bond donors (Lipinski definition) is 0. The van der Waals surface area contributed by atoms with Gasteiger partial charge >= 0.3 is 0 Å². The minimum Gasteiger partial charge on any atom is -0.335 e. The number of carbonyl (C=O) groups excluding carboxylic acids is 1. The van der Waals surface area contributed by atoms with Crippen molar-refractivity contribution in [3.63, 3.8) is 0 Å². The highest BCUT2D eigenvalue weighted by atomic mass is 16.1. The first kappa shape index (κ1) is 13.5. The largest absolute Gasteiger partial charge is 0.335 e. The number of fused-ring (bicyclic) bond motifs is 1. The van der Waals surface area contributed by atoms with Crippen LogP contribution in [0.5, 0.6) is 0 Å². The third kappa shape index (κ3) is 2.70. The Kier molecular flexibility index (Phi) is 3.77. The fraction of sp³-hybridized carbons (Fsp3) is 0.235. The Morgan fingerprint density at radius 2 is 2.00 bits per heavy atom. The summed E-state index contributed by atoms with van der Waals surface area (Å²) in [5.74, 6) is 0.903. The van der Waals surface area contributed by atoms with Gasteiger partial charge in [0.25, 0.3) is 0 Å². The van der Waals surface area contributed by atoms with Crippen LogP contribution in [0, 0.1) is 0 Å². The quantitative estimate of drug-likeness (QED) is 0.673. The van der Waals surface area contributed by atoms with E-state index in [1.165, 1.54) is 0 Å². The second-order valence-corrected chi connectivity index (χ2v) is 5.01. The van der Waals surface area contributed by atoms with E-state index >= 15 is 0 Å². The molecular weight excluding hydrogens is 262 g/mol. The Labute approximate surface area is 123 Å². The van der Waals surface area contributed by atoms with Crippen molar-refractivity contribution in [3.8, 4) is 0 Å². The van der Waals surface area contributed by atoms with Crippen LogP contribution in [-0.2, 0) is 13.0 Å². The molecule has 0 unspecified atom stereocenters. The molecule has 0 radical (unpaired) electrons. The summed E-state index contributed by atoms with van der Waals surface area (Å²) in [6.45, 7) is 3.00. The summed E-state index contributed by atoms with van der Waals surface area (Å²) >= 11 is 0. The van der Waals surface area contributed by atoms with Gasteiger partial charge < -0.3 is 4.57 Å². The van der Waals surface area contributed by atoms with Gasteiger partial charge in [0, 0.05) is 36.1 Å². The van der Waals surface area contributed by atoms with E-state index in [1.807, 2.05) is 35.0 Å². The molecule has 2 aromatic heterocycles. The molecule has 106 valence electrons. The standard InChI is InChI=1S/C17H17N3O/c1-2-10-20-11-9-19-17(20)12-16(21)14-7-8-18-15-6-4-3-5-13(14)15/h3-9,11H,2,10,12H2,1H3. The molecule has 0 fully saturated rings. The monoisotopic (exact) mass is 279 g/mol. The van der Waals surface area contributed by atoms with Crippen molar-refractivity contribution >= 4 is 16.7 Å². The maximum Gasteiger partial charge on any atom is 0.171 e. The summed E-state index contributed by atoms with van der Waals surface area (Å²) in [5, 5.41) is 0.901.